The summed E-state index contributed by atoms with van der Waals surface area (Å²) in [5.74, 6) is -2.54. The number of nitrogens with zero attached hydrogens (tertiary/aromatic N) is 3. The molecule has 0 unspecified atom stereocenters. The fraction of sp³-hybridized carbons (Fsp3) is 0.194. The van der Waals surface area contributed by atoms with Gasteiger partial charge in [0.05, 0.1) is 29.4 Å². The van der Waals surface area contributed by atoms with Gasteiger partial charge < -0.3 is 23.9 Å². The molecule has 44 heavy (non-hydrogen) atoms. The summed E-state index contributed by atoms with van der Waals surface area (Å²) in [7, 11) is 0. The van der Waals surface area contributed by atoms with Crippen LogP contribution >= 0.6 is 25.1 Å². The molecule has 3 heterocycles. The number of fused-ring (bicyclic) bond motifs is 1. The minimum absolute atomic E-state index is 0. The molecule has 2 aromatic heterocycles. The molecule has 0 aliphatic carbocycles. The lowest BCUT2D eigenvalue weighted by atomic mass is 10.1. The molecule has 1 atom stereocenters. The Morgan fingerprint density at radius 2 is 1.80 bits per heavy atom. The molecule has 13 heteroatoms. The van der Waals surface area contributed by atoms with E-state index in [1.165, 1.54) is 36.5 Å². The molecule has 0 radical (unpaired) electrons. The second kappa shape index (κ2) is 13.2. The number of carbonyl (C=O) groups is 1. The Bertz CT molecular complexity index is 1850. The number of carboxylic acid groups (broad SMARTS) is 1. The van der Waals surface area contributed by atoms with Crippen LogP contribution in [0.1, 0.15) is 33.9 Å². The topological polar surface area (TPSA) is 95.7 Å². The van der Waals surface area contributed by atoms with E-state index in [9.17, 15) is 18.7 Å². The van der Waals surface area contributed by atoms with E-state index < -0.39 is 23.4 Å². The highest BCUT2D eigenvalue weighted by Crippen LogP contribution is 2.29. The third-order valence-corrected chi connectivity index (χ3v) is 7.19. The molecule has 0 saturated carbocycles. The number of ether oxygens (including phenoxy) is 3. The second-order valence-electron chi connectivity index (χ2n) is 9.94. The van der Waals surface area contributed by atoms with Gasteiger partial charge in [0.2, 0.25) is 0 Å². The van der Waals surface area contributed by atoms with Gasteiger partial charge in [0.15, 0.2) is 29.0 Å². The van der Waals surface area contributed by atoms with Crippen LogP contribution in [-0.4, -0.2) is 38.3 Å². The molecule has 5 aromatic rings. The van der Waals surface area contributed by atoms with Gasteiger partial charge in [-0.15, -0.1) is 0 Å². The SMILES string of the molecule is O=C(O)c1cc(F)c2nc(Cc3ccc(Oc4ccnc(COc5ccc(Cl)cc5F)c4)c(F)c3)n(C[C@@H]3CCO3)c2c1.S. The van der Waals surface area contributed by atoms with Gasteiger partial charge in [-0.2, -0.15) is 13.5 Å². The number of rotatable bonds is 10. The van der Waals surface area contributed by atoms with Crippen molar-refractivity contribution >= 4 is 42.1 Å². The number of hydrogen-bond acceptors (Lipinski definition) is 6. The average Bonchev–Trinajstić information content (AvgIpc) is 3.29. The maximum absolute atomic E-state index is 15.2. The van der Waals surface area contributed by atoms with Gasteiger partial charge >= 0.3 is 5.97 Å². The van der Waals surface area contributed by atoms with E-state index in [0.29, 0.717) is 41.5 Å². The standard InChI is InChI=1S/C31H23ClF3N3O5.H2S/c32-19-2-4-27(24(34)13-19)42-16-20-14-21(5-7-36-20)43-28-3-1-17(9-23(28)33)10-29-37-30-25(35)11-18(31(39)40)12-26(30)38(29)15-22-6-8-41-22;/h1-5,7,9,11-14,22H,6,8,10,15-16H2,(H,39,40);1H2/t22-;/m0./s1. The smallest absolute Gasteiger partial charge is 0.335 e. The molecule has 1 fully saturated rings. The van der Waals surface area contributed by atoms with E-state index in [0.717, 1.165) is 18.6 Å². The van der Waals surface area contributed by atoms with E-state index in [2.05, 4.69) is 9.97 Å². The maximum Gasteiger partial charge on any atom is 0.335 e. The highest BCUT2D eigenvalue weighted by atomic mass is 35.5. The summed E-state index contributed by atoms with van der Waals surface area (Å²) in [5.41, 5.74) is 1.15. The summed E-state index contributed by atoms with van der Waals surface area (Å²) in [6, 6.07) is 13.9. The molecular formula is C31H25ClF3N3O5S. The van der Waals surface area contributed by atoms with Crippen molar-refractivity contribution in [2.45, 2.75) is 32.1 Å². The van der Waals surface area contributed by atoms with Gasteiger partial charge in [0.25, 0.3) is 0 Å². The lowest BCUT2D eigenvalue weighted by Crippen LogP contribution is -2.31. The molecule has 8 nitrogen and oxygen atoms in total. The molecule has 0 spiro atoms. The van der Waals surface area contributed by atoms with Gasteiger partial charge in [-0.1, -0.05) is 17.7 Å². The maximum atomic E-state index is 15.2. The van der Waals surface area contributed by atoms with Crippen molar-refractivity contribution in [2.24, 2.45) is 0 Å². The number of hydrogen-bond donors (Lipinski definition) is 1. The molecule has 6 rings (SSSR count). The van der Waals surface area contributed by atoms with Crippen molar-refractivity contribution in [1.29, 1.82) is 0 Å². The lowest BCUT2D eigenvalue weighted by molar-refractivity contribution is -0.0589. The molecule has 1 aliphatic heterocycles. The summed E-state index contributed by atoms with van der Waals surface area (Å²) in [6.45, 7) is 0.913. The third kappa shape index (κ3) is 6.77. The van der Waals surface area contributed by atoms with Gasteiger partial charge in [-0.3, -0.25) is 4.98 Å². The number of pyridine rings is 1. The largest absolute Gasteiger partial charge is 0.484 e. The monoisotopic (exact) mass is 643 g/mol. The predicted molar refractivity (Wildman–Crippen MR) is 161 cm³/mol. The van der Waals surface area contributed by atoms with E-state index in [4.69, 9.17) is 25.8 Å². The zero-order valence-electron chi connectivity index (χ0n) is 22.9. The van der Waals surface area contributed by atoms with E-state index >= 15 is 4.39 Å². The Labute approximate surface area is 261 Å². The van der Waals surface area contributed by atoms with Crippen LogP contribution in [0.4, 0.5) is 13.2 Å². The first-order valence-electron chi connectivity index (χ1n) is 13.3. The van der Waals surface area contributed by atoms with Crippen molar-refractivity contribution in [3.8, 4) is 17.2 Å². The van der Waals surface area contributed by atoms with Crippen LogP contribution in [0.25, 0.3) is 11.0 Å². The van der Waals surface area contributed by atoms with Gasteiger partial charge in [-0.25, -0.2) is 22.9 Å². The zero-order valence-corrected chi connectivity index (χ0v) is 24.7. The van der Waals surface area contributed by atoms with Crippen LogP contribution in [-0.2, 0) is 24.3 Å². The predicted octanol–water partition coefficient (Wildman–Crippen LogP) is 7.06. The Kier molecular flexibility index (Phi) is 9.33. The first-order valence-corrected chi connectivity index (χ1v) is 13.6. The highest BCUT2D eigenvalue weighted by molar-refractivity contribution is 7.59. The Hall–Kier alpha value is -4.26. The molecular weight excluding hydrogens is 619 g/mol. The van der Waals surface area contributed by atoms with E-state index in [1.807, 2.05) is 0 Å². The minimum Gasteiger partial charge on any atom is -0.484 e. The summed E-state index contributed by atoms with van der Waals surface area (Å²) in [6.07, 6.45) is 2.31. The summed E-state index contributed by atoms with van der Waals surface area (Å²) < 4.78 is 62.5. The molecule has 1 N–H and O–H groups in total. The number of carboxylic acids is 1. The number of aromatic nitrogens is 3. The van der Waals surface area contributed by atoms with E-state index in [-0.39, 0.29) is 60.2 Å². The molecule has 228 valence electrons. The van der Waals surface area contributed by atoms with Crippen LogP contribution in [0.5, 0.6) is 17.2 Å². The van der Waals surface area contributed by atoms with Gasteiger partial charge in [0.1, 0.15) is 23.7 Å². The van der Waals surface area contributed by atoms with E-state index in [1.54, 1.807) is 22.8 Å². The highest BCUT2D eigenvalue weighted by Gasteiger charge is 2.24. The van der Waals surface area contributed by atoms with Crippen molar-refractivity contribution in [3.05, 3.63) is 112 Å². The van der Waals surface area contributed by atoms with Crippen molar-refractivity contribution in [2.75, 3.05) is 6.61 Å². The van der Waals surface area contributed by atoms with Crippen LogP contribution in [0.2, 0.25) is 5.02 Å². The van der Waals surface area contributed by atoms with Crippen LogP contribution in [0.3, 0.4) is 0 Å². The van der Waals surface area contributed by atoms with Crippen LogP contribution in [0.15, 0.2) is 66.9 Å². The minimum atomic E-state index is -1.25. The summed E-state index contributed by atoms with van der Waals surface area (Å²) in [5, 5.41) is 9.66. The zero-order chi connectivity index (χ0) is 30.1. The lowest BCUT2D eigenvalue weighted by Gasteiger charge is -2.27. The molecule has 1 aliphatic rings. The Morgan fingerprint density at radius 3 is 2.50 bits per heavy atom. The number of aromatic carboxylic acids is 1. The van der Waals surface area contributed by atoms with Crippen LogP contribution < -0.4 is 9.47 Å². The number of benzene rings is 3. The van der Waals surface area contributed by atoms with Crippen molar-refractivity contribution in [1.82, 2.24) is 14.5 Å². The number of halogens is 4. The molecule has 0 bridgehead atoms. The van der Waals surface area contributed by atoms with Crippen molar-refractivity contribution in [3.63, 3.8) is 0 Å². The third-order valence-electron chi connectivity index (χ3n) is 6.96. The fourth-order valence-corrected chi connectivity index (χ4v) is 4.87. The summed E-state index contributed by atoms with van der Waals surface area (Å²) >= 11 is 5.77. The first-order chi connectivity index (χ1) is 20.7. The molecule has 3 aromatic carbocycles. The summed E-state index contributed by atoms with van der Waals surface area (Å²) in [4.78, 5) is 20.1. The van der Waals surface area contributed by atoms with Crippen LogP contribution in [0, 0.1) is 17.5 Å². The van der Waals surface area contributed by atoms with Gasteiger partial charge in [-0.05, 0) is 60.5 Å². The second-order valence-corrected chi connectivity index (χ2v) is 10.4. The number of imidazole rings is 1. The van der Waals surface area contributed by atoms with Gasteiger partial charge in [0, 0.05) is 30.3 Å². The molecule has 0 amide bonds. The molecule has 1 saturated heterocycles. The first kappa shape index (κ1) is 31.2. The normalized spacial score (nSPS) is 14.1. The Morgan fingerprint density at radius 1 is 1.02 bits per heavy atom. The van der Waals surface area contributed by atoms with Crippen molar-refractivity contribution < 1.29 is 37.3 Å². The fourth-order valence-electron chi connectivity index (χ4n) is 4.71. The Balaban J connectivity index is 0.00000384. The quantitative estimate of drug-likeness (QED) is 0.174. The average molecular weight is 644 g/mol.